The quantitative estimate of drug-likeness (QED) is 0.504. The van der Waals surface area contributed by atoms with E-state index in [0.717, 1.165) is 16.8 Å². The Hall–Kier alpha value is -3.51. The average Bonchev–Trinajstić information content (AvgIpc) is 3.13. The van der Waals surface area contributed by atoms with Gasteiger partial charge >= 0.3 is 0 Å². The number of nitriles is 1. The summed E-state index contributed by atoms with van der Waals surface area (Å²) in [6, 6.07) is 12.2. The fourth-order valence-corrected chi connectivity index (χ4v) is 4.23. The van der Waals surface area contributed by atoms with Crippen LogP contribution in [0.25, 0.3) is 0 Å². The molecule has 1 atom stereocenters. The minimum atomic E-state index is -0.501. The number of nitrogens with one attached hydrogen (secondary N) is 1. The molecule has 3 aromatic rings. The largest absolute Gasteiger partial charge is 0.490 e. The van der Waals surface area contributed by atoms with Crippen molar-refractivity contribution in [3.8, 4) is 23.4 Å². The number of H-pyrrole nitrogens is 1. The Bertz CT molecular complexity index is 1250. The number of hydrogen-bond donors (Lipinski definition) is 2. The molecule has 1 aliphatic rings. The third-order valence-electron chi connectivity index (χ3n) is 5.12. The number of aromatic nitrogens is 2. The van der Waals surface area contributed by atoms with Crippen LogP contribution in [0.3, 0.4) is 0 Å². The number of aryl methyl sites for hydroxylation is 1. The lowest BCUT2D eigenvalue weighted by atomic mass is 9.84. The maximum absolute atomic E-state index is 14.0. The Morgan fingerprint density at radius 1 is 1.31 bits per heavy atom. The van der Waals surface area contributed by atoms with Crippen LogP contribution in [0.2, 0.25) is 0 Å². The van der Waals surface area contributed by atoms with E-state index in [-0.39, 0.29) is 23.9 Å². The van der Waals surface area contributed by atoms with Crippen LogP contribution in [-0.2, 0) is 6.61 Å². The van der Waals surface area contributed by atoms with Gasteiger partial charge in [0.15, 0.2) is 11.5 Å². The molecule has 0 fully saturated rings. The van der Waals surface area contributed by atoms with E-state index in [2.05, 4.69) is 32.2 Å². The van der Waals surface area contributed by atoms with Gasteiger partial charge in [-0.1, -0.05) is 18.2 Å². The summed E-state index contributed by atoms with van der Waals surface area (Å²) in [7, 11) is 0. The summed E-state index contributed by atoms with van der Waals surface area (Å²) < 4.78 is 31.9. The Morgan fingerprint density at radius 3 is 2.81 bits per heavy atom. The van der Waals surface area contributed by atoms with Gasteiger partial charge in [-0.05, 0) is 53.5 Å². The van der Waals surface area contributed by atoms with Crippen LogP contribution >= 0.6 is 15.9 Å². The molecule has 0 bridgehead atoms. The number of fused-ring (bicyclic) bond motifs is 1. The smallest absolute Gasteiger partial charge is 0.244 e. The highest BCUT2D eigenvalue weighted by Gasteiger charge is 2.35. The van der Waals surface area contributed by atoms with Gasteiger partial charge in [0, 0.05) is 16.8 Å². The zero-order chi connectivity index (χ0) is 22.8. The summed E-state index contributed by atoms with van der Waals surface area (Å²) in [4.78, 5) is 0. The maximum Gasteiger partial charge on any atom is 0.244 e. The van der Waals surface area contributed by atoms with Gasteiger partial charge in [-0.25, -0.2) is 4.39 Å². The Labute approximate surface area is 192 Å². The zero-order valence-corrected chi connectivity index (χ0v) is 19.0. The SMILES string of the molecule is CCOc1cc(C2C(C#N)=C(N)Oc3n[nH]c(C)c32)cc(Br)c1OCc1ccccc1F. The summed E-state index contributed by atoms with van der Waals surface area (Å²) >= 11 is 3.55. The van der Waals surface area contributed by atoms with Crippen LogP contribution in [0.15, 0.2) is 52.3 Å². The van der Waals surface area contributed by atoms with E-state index in [0.29, 0.717) is 34.0 Å². The van der Waals surface area contributed by atoms with Gasteiger partial charge in [-0.2, -0.15) is 5.26 Å². The second-order valence-corrected chi connectivity index (χ2v) is 7.99. The van der Waals surface area contributed by atoms with Gasteiger partial charge < -0.3 is 19.9 Å². The van der Waals surface area contributed by atoms with Crippen molar-refractivity contribution in [3.05, 3.63) is 80.5 Å². The Balaban J connectivity index is 1.77. The first kappa shape index (κ1) is 21.7. The minimum Gasteiger partial charge on any atom is -0.490 e. The zero-order valence-electron chi connectivity index (χ0n) is 17.4. The normalized spacial score (nSPS) is 15.0. The van der Waals surface area contributed by atoms with Crippen LogP contribution in [0.1, 0.15) is 35.2 Å². The number of rotatable bonds is 6. The summed E-state index contributed by atoms with van der Waals surface area (Å²) in [5, 5.41) is 16.8. The van der Waals surface area contributed by atoms with E-state index in [1.807, 2.05) is 19.9 Å². The standard InChI is InChI=1S/C23H20BrFN4O3/c1-3-30-18-9-14(8-16(24)21(18)31-11-13-6-4-5-7-17(13)25)20-15(10-26)22(27)32-23-19(20)12(2)28-29-23/h4-9,20H,3,11,27H2,1-2H3,(H,28,29). The molecule has 0 saturated carbocycles. The summed E-state index contributed by atoms with van der Waals surface area (Å²) in [5.41, 5.74) is 8.94. The van der Waals surface area contributed by atoms with Gasteiger partial charge in [0.1, 0.15) is 24.1 Å². The number of ether oxygens (including phenoxy) is 3. The number of allylic oxidation sites excluding steroid dienone is 1. The first-order chi connectivity index (χ1) is 15.4. The molecule has 2 aromatic carbocycles. The molecule has 2 heterocycles. The molecule has 0 saturated heterocycles. The van der Waals surface area contributed by atoms with Crippen molar-refractivity contribution >= 4 is 15.9 Å². The molecule has 4 rings (SSSR count). The van der Waals surface area contributed by atoms with Crippen LogP contribution < -0.4 is 19.9 Å². The fraction of sp³-hybridized carbons (Fsp3) is 0.217. The van der Waals surface area contributed by atoms with Gasteiger partial charge in [-0.3, -0.25) is 5.10 Å². The number of halogens is 2. The van der Waals surface area contributed by atoms with Crippen LogP contribution in [0, 0.1) is 24.1 Å². The number of nitrogens with two attached hydrogens (primary N) is 1. The second-order valence-electron chi connectivity index (χ2n) is 7.14. The van der Waals surface area contributed by atoms with Gasteiger partial charge in [-0.15, -0.1) is 5.10 Å². The molecule has 9 heteroatoms. The molecule has 164 valence electrons. The first-order valence-electron chi connectivity index (χ1n) is 9.89. The third kappa shape index (κ3) is 3.89. The van der Waals surface area contributed by atoms with Crippen molar-refractivity contribution in [2.75, 3.05) is 6.61 Å². The molecule has 0 spiro atoms. The number of benzene rings is 2. The van der Waals surface area contributed by atoms with Gasteiger partial charge in [0.25, 0.3) is 0 Å². The van der Waals surface area contributed by atoms with Gasteiger partial charge in [0.05, 0.1) is 17.0 Å². The molecular formula is C23H20BrFN4O3. The predicted molar refractivity (Wildman–Crippen MR) is 119 cm³/mol. The molecule has 7 nitrogen and oxygen atoms in total. The van der Waals surface area contributed by atoms with Crippen molar-refractivity contribution < 1.29 is 18.6 Å². The van der Waals surface area contributed by atoms with Crippen molar-refractivity contribution in [3.63, 3.8) is 0 Å². The summed E-state index contributed by atoms with van der Waals surface area (Å²) in [6.07, 6.45) is 0. The molecule has 0 radical (unpaired) electrons. The van der Waals surface area contributed by atoms with E-state index >= 15 is 0 Å². The fourth-order valence-electron chi connectivity index (χ4n) is 3.65. The molecule has 3 N–H and O–H groups in total. The van der Waals surface area contributed by atoms with Crippen LogP contribution in [0.5, 0.6) is 17.4 Å². The van der Waals surface area contributed by atoms with Crippen molar-refractivity contribution in [1.29, 1.82) is 5.26 Å². The highest BCUT2D eigenvalue weighted by atomic mass is 79.9. The van der Waals surface area contributed by atoms with Crippen molar-refractivity contribution in [2.45, 2.75) is 26.4 Å². The lowest BCUT2D eigenvalue weighted by Crippen LogP contribution is -2.21. The average molecular weight is 499 g/mol. The third-order valence-corrected chi connectivity index (χ3v) is 5.71. The highest BCUT2D eigenvalue weighted by molar-refractivity contribution is 9.10. The number of nitrogens with zero attached hydrogens (tertiary/aromatic N) is 2. The molecule has 1 unspecified atom stereocenters. The number of aromatic amines is 1. The predicted octanol–water partition coefficient (Wildman–Crippen LogP) is 4.82. The van der Waals surface area contributed by atoms with E-state index in [1.165, 1.54) is 6.07 Å². The van der Waals surface area contributed by atoms with E-state index in [9.17, 15) is 9.65 Å². The molecule has 0 aliphatic carbocycles. The van der Waals surface area contributed by atoms with Gasteiger partial charge in [0.2, 0.25) is 11.8 Å². The maximum atomic E-state index is 14.0. The highest BCUT2D eigenvalue weighted by Crippen LogP contribution is 2.46. The second kappa shape index (κ2) is 8.93. The lowest BCUT2D eigenvalue weighted by molar-refractivity contribution is 0.264. The van der Waals surface area contributed by atoms with Crippen molar-refractivity contribution in [2.24, 2.45) is 5.73 Å². The minimum absolute atomic E-state index is 0.00506. The summed E-state index contributed by atoms with van der Waals surface area (Å²) in [6.45, 7) is 4.12. The lowest BCUT2D eigenvalue weighted by Gasteiger charge is -2.25. The van der Waals surface area contributed by atoms with E-state index in [4.69, 9.17) is 19.9 Å². The Morgan fingerprint density at radius 2 is 2.09 bits per heavy atom. The first-order valence-corrected chi connectivity index (χ1v) is 10.7. The topological polar surface area (TPSA) is 106 Å². The number of hydrogen-bond acceptors (Lipinski definition) is 6. The monoisotopic (exact) mass is 498 g/mol. The Kier molecular flexibility index (Phi) is 6.06. The molecule has 1 aromatic heterocycles. The molecule has 0 amide bonds. The van der Waals surface area contributed by atoms with Crippen LogP contribution in [0.4, 0.5) is 4.39 Å². The van der Waals surface area contributed by atoms with E-state index in [1.54, 1.807) is 24.3 Å². The molecule has 1 aliphatic heterocycles. The summed E-state index contributed by atoms with van der Waals surface area (Å²) in [5.74, 6) is 0.383. The van der Waals surface area contributed by atoms with E-state index < -0.39 is 5.92 Å². The van der Waals surface area contributed by atoms with Crippen molar-refractivity contribution in [1.82, 2.24) is 10.2 Å². The van der Waals surface area contributed by atoms with Crippen LogP contribution in [-0.4, -0.2) is 16.8 Å². The molecular weight excluding hydrogens is 479 g/mol. The molecule has 32 heavy (non-hydrogen) atoms.